The number of allylic oxidation sites excluding steroid dienone is 2. The topological polar surface area (TPSA) is 68.6 Å². The zero-order valence-electron chi connectivity index (χ0n) is 12.6. The molecule has 0 fully saturated rings. The van der Waals surface area contributed by atoms with Crippen molar-refractivity contribution >= 4 is 17.9 Å². The van der Waals surface area contributed by atoms with Gasteiger partial charge >= 0.3 is 12.4 Å². The molecule has 0 aromatic carbocycles. The average molecular weight is 374 g/mol. The number of nitrogens with zero attached hydrogens (tertiary/aromatic N) is 4. The molecule has 0 saturated carbocycles. The van der Waals surface area contributed by atoms with E-state index in [-0.39, 0.29) is 11.4 Å². The van der Waals surface area contributed by atoms with E-state index in [0.29, 0.717) is 12.4 Å². The van der Waals surface area contributed by atoms with Gasteiger partial charge in [-0.1, -0.05) is 0 Å². The zero-order chi connectivity index (χ0) is 19.4. The molecule has 26 heavy (non-hydrogen) atoms. The summed E-state index contributed by atoms with van der Waals surface area (Å²) in [7, 11) is 0. The van der Waals surface area contributed by atoms with Crippen molar-refractivity contribution in [3.05, 3.63) is 59.7 Å². The smallest absolute Gasteiger partial charge is 0.290 e. The fourth-order valence-corrected chi connectivity index (χ4v) is 1.59. The van der Waals surface area contributed by atoms with Crippen LogP contribution in [-0.4, -0.2) is 25.7 Å². The Balaban J connectivity index is 2.09. The van der Waals surface area contributed by atoms with Gasteiger partial charge in [-0.3, -0.25) is 14.8 Å². The highest BCUT2D eigenvalue weighted by molar-refractivity contribution is 6.04. The molecule has 2 rings (SSSR count). The summed E-state index contributed by atoms with van der Waals surface area (Å²) >= 11 is 0. The van der Waals surface area contributed by atoms with Gasteiger partial charge in [0.15, 0.2) is 17.2 Å². The molecule has 5 nitrogen and oxygen atoms in total. The Hall–Kier alpha value is -3.11. The molecule has 0 atom stereocenters. The van der Waals surface area contributed by atoms with Gasteiger partial charge in [0, 0.05) is 0 Å². The van der Waals surface area contributed by atoms with Crippen LogP contribution in [0.2, 0.25) is 0 Å². The highest BCUT2D eigenvalue weighted by atomic mass is 19.4. The molecule has 0 aliphatic rings. The maximum absolute atomic E-state index is 12.5. The molecule has 0 saturated heterocycles. The van der Waals surface area contributed by atoms with Crippen molar-refractivity contribution in [3.63, 3.8) is 0 Å². The molecule has 0 N–H and O–H groups in total. The normalized spacial score (nSPS) is 12.8. The number of hydrogen-bond donors (Lipinski definition) is 0. The van der Waals surface area contributed by atoms with E-state index in [4.69, 9.17) is 0 Å². The van der Waals surface area contributed by atoms with Crippen molar-refractivity contribution in [2.75, 3.05) is 0 Å². The standard InChI is InChI=1S/C15H8F6N4O/c16-14(17,18)12-7-22-5-9(24-12)1-3-11(26)4-2-10-6-23-8-13(25-10)15(19,20)21/h1-8H. The Bertz CT molecular complexity index is 788. The second-order valence-corrected chi connectivity index (χ2v) is 4.72. The Morgan fingerprint density at radius 1 is 0.731 bits per heavy atom. The van der Waals surface area contributed by atoms with Gasteiger partial charge in [0.05, 0.1) is 36.2 Å². The molecular formula is C15H8F6N4O. The van der Waals surface area contributed by atoms with Gasteiger partial charge in [-0.2, -0.15) is 26.3 Å². The highest BCUT2D eigenvalue weighted by Crippen LogP contribution is 2.27. The number of hydrogen-bond acceptors (Lipinski definition) is 5. The molecule has 2 heterocycles. The van der Waals surface area contributed by atoms with E-state index >= 15 is 0 Å². The maximum Gasteiger partial charge on any atom is 0.434 e. The monoisotopic (exact) mass is 374 g/mol. The van der Waals surface area contributed by atoms with Crippen molar-refractivity contribution in [1.82, 2.24) is 19.9 Å². The summed E-state index contributed by atoms with van der Waals surface area (Å²) in [6.07, 6.45) is -2.49. The lowest BCUT2D eigenvalue weighted by atomic mass is 10.2. The summed E-state index contributed by atoms with van der Waals surface area (Å²) in [6.45, 7) is 0. The van der Waals surface area contributed by atoms with E-state index in [2.05, 4.69) is 19.9 Å². The largest absolute Gasteiger partial charge is 0.434 e. The number of carbonyl (C=O) groups excluding carboxylic acids is 1. The first-order chi connectivity index (χ1) is 12.1. The van der Waals surface area contributed by atoms with Crippen LogP contribution in [0.3, 0.4) is 0 Å². The fourth-order valence-electron chi connectivity index (χ4n) is 1.59. The molecule has 0 bridgehead atoms. The lowest BCUT2D eigenvalue weighted by molar-refractivity contribution is -0.142. The van der Waals surface area contributed by atoms with Gasteiger partial charge in [-0.15, -0.1) is 0 Å². The highest BCUT2D eigenvalue weighted by Gasteiger charge is 2.33. The van der Waals surface area contributed by atoms with E-state index in [0.717, 1.165) is 36.7 Å². The molecular weight excluding hydrogens is 366 g/mol. The number of halogens is 6. The summed E-state index contributed by atoms with van der Waals surface area (Å²) < 4.78 is 75.0. The molecule has 136 valence electrons. The van der Waals surface area contributed by atoms with Gasteiger partial charge in [0.1, 0.15) is 0 Å². The number of aromatic nitrogens is 4. The van der Waals surface area contributed by atoms with Gasteiger partial charge in [0.25, 0.3) is 0 Å². The minimum Gasteiger partial charge on any atom is -0.290 e. The lowest BCUT2D eigenvalue weighted by Gasteiger charge is -2.04. The van der Waals surface area contributed by atoms with Gasteiger partial charge < -0.3 is 0 Å². The fraction of sp³-hybridized carbons (Fsp3) is 0.133. The van der Waals surface area contributed by atoms with Crippen molar-refractivity contribution in [1.29, 1.82) is 0 Å². The Labute approximate surface area is 142 Å². The maximum atomic E-state index is 12.5. The first kappa shape index (κ1) is 19.2. The second kappa shape index (κ2) is 7.42. The number of ketones is 1. The summed E-state index contributed by atoms with van der Waals surface area (Å²) in [5.74, 6) is -0.705. The van der Waals surface area contributed by atoms with E-state index in [1.54, 1.807) is 0 Å². The first-order valence-electron chi connectivity index (χ1n) is 6.74. The second-order valence-electron chi connectivity index (χ2n) is 4.72. The minimum absolute atomic E-state index is 0.208. The Morgan fingerprint density at radius 2 is 1.12 bits per heavy atom. The summed E-state index contributed by atoms with van der Waals surface area (Å²) in [6, 6.07) is 0. The third-order valence-corrected chi connectivity index (χ3v) is 2.72. The quantitative estimate of drug-likeness (QED) is 0.604. The summed E-state index contributed by atoms with van der Waals surface area (Å²) in [5, 5.41) is 0. The summed E-state index contributed by atoms with van der Waals surface area (Å²) in [5.41, 5.74) is -2.86. The molecule has 0 spiro atoms. The first-order valence-corrected chi connectivity index (χ1v) is 6.74. The van der Waals surface area contributed by atoms with Crippen LogP contribution in [-0.2, 0) is 17.1 Å². The van der Waals surface area contributed by atoms with Crippen LogP contribution in [0.4, 0.5) is 26.3 Å². The zero-order valence-corrected chi connectivity index (χ0v) is 12.6. The van der Waals surface area contributed by atoms with Crippen molar-refractivity contribution in [2.24, 2.45) is 0 Å². The number of rotatable bonds is 4. The third kappa shape index (κ3) is 5.46. The summed E-state index contributed by atoms with van der Waals surface area (Å²) in [4.78, 5) is 24.9. The molecule has 0 radical (unpaired) electrons. The van der Waals surface area contributed by atoms with Crippen molar-refractivity contribution in [3.8, 4) is 0 Å². The molecule has 11 heteroatoms. The van der Waals surface area contributed by atoms with Crippen LogP contribution in [0.15, 0.2) is 36.9 Å². The minimum atomic E-state index is -4.68. The van der Waals surface area contributed by atoms with Gasteiger partial charge in [-0.05, 0) is 24.3 Å². The van der Waals surface area contributed by atoms with Crippen LogP contribution < -0.4 is 0 Å². The molecule has 2 aromatic rings. The number of alkyl halides is 6. The Kier molecular flexibility index (Phi) is 5.48. The average Bonchev–Trinajstić information content (AvgIpc) is 2.57. The van der Waals surface area contributed by atoms with E-state index in [1.165, 1.54) is 0 Å². The van der Waals surface area contributed by atoms with Crippen molar-refractivity contribution < 1.29 is 31.1 Å². The molecule has 0 aliphatic heterocycles. The van der Waals surface area contributed by atoms with Crippen LogP contribution in [0.5, 0.6) is 0 Å². The van der Waals surface area contributed by atoms with Crippen molar-refractivity contribution in [2.45, 2.75) is 12.4 Å². The van der Waals surface area contributed by atoms with E-state index in [1.807, 2.05) is 0 Å². The van der Waals surface area contributed by atoms with Gasteiger partial charge in [0.2, 0.25) is 0 Å². The lowest BCUT2D eigenvalue weighted by Crippen LogP contribution is -2.09. The SMILES string of the molecule is O=C(C=Cc1cncc(C(F)(F)F)n1)C=Cc1cncc(C(F)(F)F)n1. The molecule has 0 unspecified atom stereocenters. The van der Waals surface area contributed by atoms with E-state index in [9.17, 15) is 31.1 Å². The van der Waals surface area contributed by atoms with Gasteiger partial charge in [-0.25, -0.2) is 9.97 Å². The van der Waals surface area contributed by atoms with Crippen LogP contribution in [0.25, 0.3) is 12.2 Å². The molecule has 2 aromatic heterocycles. The number of carbonyl (C=O) groups is 1. The molecule has 0 aliphatic carbocycles. The predicted octanol–water partition coefficient (Wildman–Crippen LogP) is 3.60. The van der Waals surface area contributed by atoms with E-state index < -0.39 is 29.5 Å². The Morgan fingerprint density at radius 3 is 1.46 bits per heavy atom. The van der Waals surface area contributed by atoms with Crippen LogP contribution in [0.1, 0.15) is 22.8 Å². The predicted molar refractivity (Wildman–Crippen MR) is 77.1 cm³/mol. The third-order valence-electron chi connectivity index (χ3n) is 2.72. The molecule has 0 amide bonds. The van der Waals surface area contributed by atoms with Crippen LogP contribution >= 0.6 is 0 Å². The van der Waals surface area contributed by atoms with Crippen LogP contribution in [0, 0.1) is 0 Å².